The summed E-state index contributed by atoms with van der Waals surface area (Å²) in [6.07, 6.45) is 5.70. The largest absolute Gasteiger partial charge is 0.486 e. The molecule has 34 heavy (non-hydrogen) atoms. The summed E-state index contributed by atoms with van der Waals surface area (Å²) in [4.78, 5) is 0. The molecule has 2 unspecified atom stereocenters. The summed E-state index contributed by atoms with van der Waals surface area (Å²) < 4.78 is 55.0. The van der Waals surface area contributed by atoms with Gasteiger partial charge in [-0.15, -0.1) is 0 Å². The lowest BCUT2D eigenvalue weighted by atomic mass is 9.91. The summed E-state index contributed by atoms with van der Waals surface area (Å²) in [6.45, 7) is 6.48. The molecule has 2 nitrogen and oxygen atoms in total. The van der Waals surface area contributed by atoms with Crippen LogP contribution in [-0.2, 0) is 4.74 Å². The van der Waals surface area contributed by atoms with E-state index in [4.69, 9.17) is 9.47 Å². The molecule has 0 bridgehead atoms. The van der Waals surface area contributed by atoms with Gasteiger partial charge in [0.05, 0.1) is 12.7 Å². The fourth-order valence-corrected chi connectivity index (χ4v) is 4.51. The quantitative estimate of drug-likeness (QED) is 0.311. The molecular weight excluding hydrogens is 437 g/mol. The molecule has 1 fully saturated rings. The summed E-state index contributed by atoms with van der Waals surface area (Å²) >= 11 is 0. The Hall–Kier alpha value is -3.05. The van der Waals surface area contributed by atoms with Gasteiger partial charge in [0.2, 0.25) is 5.82 Å². The van der Waals surface area contributed by atoms with Crippen LogP contribution in [-0.4, -0.2) is 13.2 Å². The molecule has 0 amide bonds. The minimum atomic E-state index is -1.05. The van der Waals surface area contributed by atoms with E-state index in [1.807, 2.05) is 6.07 Å². The first-order chi connectivity index (χ1) is 16.5. The fourth-order valence-electron chi connectivity index (χ4n) is 4.51. The Labute approximate surface area is 199 Å². The van der Waals surface area contributed by atoms with Crippen LogP contribution in [0.25, 0.3) is 22.3 Å². The molecule has 3 aromatic carbocycles. The second-order valence-corrected chi connectivity index (χ2v) is 8.71. The van der Waals surface area contributed by atoms with Gasteiger partial charge in [-0.1, -0.05) is 62.4 Å². The molecule has 0 saturated carbocycles. The van der Waals surface area contributed by atoms with Gasteiger partial charge in [-0.2, -0.15) is 4.39 Å². The maximum Gasteiger partial charge on any atom is 0.201 e. The Morgan fingerprint density at radius 2 is 1.65 bits per heavy atom. The highest BCUT2D eigenvalue weighted by Crippen LogP contribution is 2.35. The molecule has 1 saturated heterocycles. The highest BCUT2D eigenvalue weighted by atomic mass is 19.2. The Bertz CT molecular complexity index is 1130. The first kappa shape index (κ1) is 24.1. The van der Waals surface area contributed by atoms with Crippen molar-refractivity contribution in [1.82, 2.24) is 0 Å². The molecule has 1 heterocycles. The lowest BCUT2D eigenvalue weighted by molar-refractivity contribution is -0.0195. The van der Waals surface area contributed by atoms with Crippen molar-refractivity contribution in [3.63, 3.8) is 0 Å². The van der Waals surface area contributed by atoms with Gasteiger partial charge in [0.15, 0.2) is 11.6 Å². The van der Waals surface area contributed by atoms with Crippen LogP contribution in [0.1, 0.15) is 44.3 Å². The van der Waals surface area contributed by atoms with E-state index < -0.39 is 11.6 Å². The molecule has 0 radical (unpaired) electrons. The third kappa shape index (κ3) is 5.20. The molecule has 5 heteroatoms. The summed E-state index contributed by atoms with van der Waals surface area (Å²) in [7, 11) is 0. The van der Waals surface area contributed by atoms with Crippen molar-refractivity contribution < 1.29 is 22.6 Å². The minimum Gasteiger partial charge on any atom is -0.486 e. The molecule has 3 aromatic rings. The lowest BCUT2D eigenvalue weighted by Crippen LogP contribution is -2.20. The number of hydrogen-bond acceptors (Lipinski definition) is 2. The summed E-state index contributed by atoms with van der Waals surface area (Å²) in [6, 6.07) is 14.8. The fraction of sp³-hybridized carbons (Fsp3) is 0.310. The van der Waals surface area contributed by atoms with Gasteiger partial charge in [-0.05, 0) is 60.1 Å². The molecule has 0 aromatic heterocycles. The smallest absolute Gasteiger partial charge is 0.201 e. The van der Waals surface area contributed by atoms with E-state index in [-0.39, 0.29) is 29.8 Å². The standard InChI is InChI=1S/C29H29F3O2/c1-3-5-19-6-14-26(34-18-19)22-11-12-23(25(30)17-22)20-7-9-21(10-8-20)24-13-15-27(33-16-4-2)29(32)28(24)31/h4,7-13,15,17,19,26H,2-3,5-6,14,16,18H2,1H3. The van der Waals surface area contributed by atoms with E-state index in [1.54, 1.807) is 36.4 Å². The number of rotatable bonds is 8. The van der Waals surface area contributed by atoms with Crippen LogP contribution >= 0.6 is 0 Å². The monoisotopic (exact) mass is 466 g/mol. The lowest BCUT2D eigenvalue weighted by Gasteiger charge is -2.29. The number of ether oxygens (including phenoxy) is 2. The van der Waals surface area contributed by atoms with Crippen molar-refractivity contribution in [2.45, 2.75) is 38.7 Å². The van der Waals surface area contributed by atoms with E-state index in [0.29, 0.717) is 22.6 Å². The van der Waals surface area contributed by atoms with E-state index >= 15 is 0 Å². The zero-order valence-corrected chi connectivity index (χ0v) is 19.3. The molecule has 1 aliphatic heterocycles. The van der Waals surface area contributed by atoms with Crippen LogP contribution in [0.5, 0.6) is 5.75 Å². The van der Waals surface area contributed by atoms with Crippen LogP contribution in [0, 0.1) is 23.4 Å². The highest BCUT2D eigenvalue weighted by molar-refractivity contribution is 5.71. The normalized spacial score (nSPS) is 18.0. The third-order valence-corrected chi connectivity index (χ3v) is 6.34. The summed E-state index contributed by atoms with van der Waals surface area (Å²) in [5.74, 6) is -1.93. The molecule has 1 aliphatic rings. The van der Waals surface area contributed by atoms with E-state index in [1.165, 1.54) is 24.6 Å². The van der Waals surface area contributed by atoms with Crippen molar-refractivity contribution in [3.05, 3.63) is 90.3 Å². The SMILES string of the molecule is C=CCOc1ccc(-c2ccc(-c3ccc(C4CCC(CCC)CO4)cc3F)cc2)c(F)c1F. The number of benzene rings is 3. The van der Waals surface area contributed by atoms with Gasteiger partial charge in [0.1, 0.15) is 12.4 Å². The number of halogens is 3. The third-order valence-electron chi connectivity index (χ3n) is 6.34. The highest BCUT2D eigenvalue weighted by Gasteiger charge is 2.23. The Morgan fingerprint density at radius 1 is 0.941 bits per heavy atom. The maximum atomic E-state index is 15.0. The minimum absolute atomic E-state index is 0.0738. The molecule has 0 aliphatic carbocycles. The van der Waals surface area contributed by atoms with Crippen molar-refractivity contribution in [2.75, 3.05) is 13.2 Å². The topological polar surface area (TPSA) is 18.5 Å². The van der Waals surface area contributed by atoms with Gasteiger partial charge < -0.3 is 9.47 Å². The first-order valence-corrected chi connectivity index (χ1v) is 11.7. The van der Waals surface area contributed by atoms with Gasteiger partial charge in [-0.3, -0.25) is 0 Å². The second kappa shape index (κ2) is 10.9. The predicted molar refractivity (Wildman–Crippen MR) is 129 cm³/mol. The Kier molecular flexibility index (Phi) is 7.73. The molecule has 2 atom stereocenters. The molecular formula is C29H29F3O2. The Balaban J connectivity index is 1.50. The van der Waals surface area contributed by atoms with E-state index in [2.05, 4.69) is 13.5 Å². The van der Waals surface area contributed by atoms with Gasteiger partial charge in [-0.25, -0.2) is 8.78 Å². The van der Waals surface area contributed by atoms with Crippen LogP contribution in [0.15, 0.2) is 67.3 Å². The Morgan fingerprint density at radius 3 is 2.26 bits per heavy atom. The number of hydrogen-bond donors (Lipinski definition) is 0. The molecule has 0 spiro atoms. The summed E-state index contributed by atoms with van der Waals surface area (Å²) in [5.41, 5.74) is 2.57. The zero-order chi connectivity index (χ0) is 24.1. The van der Waals surface area contributed by atoms with Crippen molar-refractivity contribution in [1.29, 1.82) is 0 Å². The van der Waals surface area contributed by atoms with E-state index in [0.717, 1.165) is 31.4 Å². The first-order valence-electron chi connectivity index (χ1n) is 11.7. The molecule has 4 rings (SSSR count). The van der Waals surface area contributed by atoms with Crippen LogP contribution in [0.2, 0.25) is 0 Å². The van der Waals surface area contributed by atoms with Gasteiger partial charge in [0.25, 0.3) is 0 Å². The molecule has 178 valence electrons. The van der Waals surface area contributed by atoms with Crippen molar-refractivity contribution in [2.24, 2.45) is 5.92 Å². The van der Waals surface area contributed by atoms with Crippen molar-refractivity contribution >= 4 is 0 Å². The average molecular weight is 467 g/mol. The van der Waals surface area contributed by atoms with Crippen LogP contribution < -0.4 is 4.74 Å². The van der Waals surface area contributed by atoms with Crippen molar-refractivity contribution in [3.8, 4) is 28.0 Å². The average Bonchev–Trinajstić information content (AvgIpc) is 2.86. The van der Waals surface area contributed by atoms with Gasteiger partial charge >= 0.3 is 0 Å². The maximum absolute atomic E-state index is 15.0. The van der Waals surface area contributed by atoms with Crippen LogP contribution in [0.3, 0.4) is 0 Å². The van der Waals surface area contributed by atoms with Crippen LogP contribution in [0.4, 0.5) is 13.2 Å². The zero-order valence-electron chi connectivity index (χ0n) is 19.3. The molecule has 0 N–H and O–H groups in total. The van der Waals surface area contributed by atoms with Gasteiger partial charge in [0, 0.05) is 11.1 Å². The van der Waals surface area contributed by atoms with E-state index in [9.17, 15) is 13.2 Å². The second-order valence-electron chi connectivity index (χ2n) is 8.71. The predicted octanol–water partition coefficient (Wildman–Crippen LogP) is 8.27. The summed E-state index contributed by atoms with van der Waals surface area (Å²) in [5, 5.41) is 0.